The third-order valence-electron chi connectivity index (χ3n) is 4.99. The SMILES string of the molecule is CCOc1ccc(CN2C(=O)c3ccccc3C2=O)cc1C(=O)Nc1ccc(Cl)cc1F. The first-order valence-electron chi connectivity index (χ1n) is 9.86. The molecule has 0 spiro atoms. The molecule has 1 aliphatic heterocycles. The summed E-state index contributed by atoms with van der Waals surface area (Å²) in [7, 11) is 0. The Labute approximate surface area is 188 Å². The van der Waals surface area contributed by atoms with Crippen LogP contribution in [-0.4, -0.2) is 29.2 Å². The van der Waals surface area contributed by atoms with Gasteiger partial charge in [-0.25, -0.2) is 4.39 Å². The first kappa shape index (κ1) is 21.5. The molecule has 0 radical (unpaired) electrons. The molecule has 1 aliphatic rings. The molecular formula is C24H18ClFN2O4. The van der Waals surface area contributed by atoms with E-state index in [9.17, 15) is 18.8 Å². The minimum Gasteiger partial charge on any atom is -0.493 e. The van der Waals surface area contributed by atoms with Gasteiger partial charge in [0, 0.05) is 5.02 Å². The van der Waals surface area contributed by atoms with E-state index in [2.05, 4.69) is 5.32 Å². The highest BCUT2D eigenvalue weighted by atomic mass is 35.5. The van der Waals surface area contributed by atoms with Crippen LogP contribution in [0.4, 0.5) is 10.1 Å². The summed E-state index contributed by atoms with van der Waals surface area (Å²) in [6.07, 6.45) is 0. The van der Waals surface area contributed by atoms with Crippen molar-refractivity contribution in [1.82, 2.24) is 4.90 Å². The monoisotopic (exact) mass is 452 g/mol. The summed E-state index contributed by atoms with van der Waals surface area (Å²) in [6, 6.07) is 15.3. The lowest BCUT2D eigenvalue weighted by atomic mass is 10.1. The van der Waals surface area contributed by atoms with Gasteiger partial charge in [-0.1, -0.05) is 29.8 Å². The van der Waals surface area contributed by atoms with Gasteiger partial charge in [-0.2, -0.15) is 0 Å². The molecule has 0 aromatic heterocycles. The minimum absolute atomic E-state index is 0.0195. The lowest BCUT2D eigenvalue weighted by Crippen LogP contribution is -2.29. The number of carbonyl (C=O) groups excluding carboxylic acids is 3. The van der Waals surface area contributed by atoms with Gasteiger partial charge < -0.3 is 10.1 Å². The highest BCUT2D eigenvalue weighted by Crippen LogP contribution is 2.28. The smallest absolute Gasteiger partial charge is 0.261 e. The number of hydrogen-bond donors (Lipinski definition) is 1. The maximum Gasteiger partial charge on any atom is 0.261 e. The van der Waals surface area contributed by atoms with Crippen LogP contribution < -0.4 is 10.1 Å². The van der Waals surface area contributed by atoms with Gasteiger partial charge in [-0.3, -0.25) is 19.3 Å². The number of anilines is 1. The van der Waals surface area contributed by atoms with Crippen molar-refractivity contribution < 1.29 is 23.5 Å². The number of fused-ring (bicyclic) bond motifs is 1. The molecule has 1 N–H and O–H groups in total. The molecule has 0 unspecified atom stereocenters. The maximum atomic E-state index is 14.1. The van der Waals surface area contributed by atoms with Crippen LogP contribution in [0.2, 0.25) is 5.02 Å². The number of hydrogen-bond acceptors (Lipinski definition) is 4. The first-order chi connectivity index (χ1) is 15.4. The van der Waals surface area contributed by atoms with Gasteiger partial charge in [0.2, 0.25) is 0 Å². The number of imide groups is 1. The number of rotatable bonds is 6. The van der Waals surface area contributed by atoms with Gasteiger partial charge in [-0.15, -0.1) is 0 Å². The molecule has 0 aliphatic carbocycles. The largest absolute Gasteiger partial charge is 0.493 e. The summed E-state index contributed by atoms with van der Waals surface area (Å²) in [5.41, 5.74) is 1.35. The average Bonchev–Trinajstić information content (AvgIpc) is 3.02. The first-order valence-corrected chi connectivity index (χ1v) is 10.2. The van der Waals surface area contributed by atoms with Crippen LogP contribution in [0, 0.1) is 5.82 Å². The van der Waals surface area contributed by atoms with E-state index in [0.717, 1.165) is 11.0 Å². The molecule has 0 bridgehead atoms. The molecule has 3 aromatic carbocycles. The Morgan fingerprint density at radius 2 is 1.72 bits per heavy atom. The van der Waals surface area contributed by atoms with Gasteiger partial charge in [0.1, 0.15) is 11.6 Å². The summed E-state index contributed by atoms with van der Waals surface area (Å²) < 4.78 is 19.7. The summed E-state index contributed by atoms with van der Waals surface area (Å²) in [5.74, 6) is -1.77. The fraction of sp³-hybridized carbons (Fsp3) is 0.125. The third kappa shape index (κ3) is 4.07. The van der Waals surface area contributed by atoms with E-state index in [4.69, 9.17) is 16.3 Å². The molecule has 0 fully saturated rings. The van der Waals surface area contributed by atoms with Crippen LogP contribution in [0.1, 0.15) is 43.6 Å². The van der Waals surface area contributed by atoms with Crippen LogP contribution in [0.15, 0.2) is 60.7 Å². The minimum atomic E-state index is -0.675. The Balaban J connectivity index is 1.61. The average molecular weight is 453 g/mol. The molecule has 8 heteroatoms. The summed E-state index contributed by atoms with van der Waals surface area (Å²) in [6.45, 7) is 2.06. The molecule has 0 saturated heterocycles. The number of halogens is 2. The van der Waals surface area contributed by atoms with E-state index < -0.39 is 23.5 Å². The van der Waals surface area contributed by atoms with E-state index in [1.165, 1.54) is 18.2 Å². The van der Waals surface area contributed by atoms with Gasteiger partial charge >= 0.3 is 0 Å². The quantitative estimate of drug-likeness (QED) is 0.538. The van der Waals surface area contributed by atoms with Crippen molar-refractivity contribution in [2.75, 3.05) is 11.9 Å². The van der Waals surface area contributed by atoms with Crippen molar-refractivity contribution in [3.05, 3.63) is 93.8 Å². The van der Waals surface area contributed by atoms with Crippen LogP contribution in [0.25, 0.3) is 0 Å². The molecule has 3 aromatic rings. The van der Waals surface area contributed by atoms with Crippen LogP contribution >= 0.6 is 11.6 Å². The lowest BCUT2D eigenvalue weighted by Gasteiger charge is -2.16. The molecule has 162 valence electrons. The van der Waals surface area contributed by atoms with Gasteiger partial charge in [0.25, 0.3) is 17.7 Å². The normalized spacial score (nSPS) is 12.7. The number of carbonyl (C=O) groups is 3. The van der Waals surface area contributed by atoms with E-state index in [-0.39, 0.29) is 22.8 Å². The molecule has 4 rings (SSSR count). The van der Waals surface area contributed by atoms with Gasteiger partial charge in [0.15, 0.2) is 0 Å². The summed E-state index contributed by atoms with van der Waals surface area (Å²) >= 11 is 5.76. The Morgan fingerprint density at radius 3 is 2.34 bits per heavy atom. The van der Waals surface area contributed by atoms with Crippen LogP contribution in [-0.2, 0) is 6.54 Å². The lowest BCUT2D eigenvalue weighted by molar-refractivity contribution is 0.0642. The number of ether oxygens (including phenoxy) is 1. The van der Waals surface area contributed by atoms with Crippen molar-refractivity contribution >= 4 is 35.0 Å². The summed E-state index contributed by atoms with van der Waals surface area (Å²) in [4.78, 5) is 39.3. The molecule has 0 saturated carbocycles. The number of benzene rings is 3. The van der Waals surface area contributed by atoms with Crippen molar-refractivity contribution in [1.29, 1.82) is 0 Å². The van der Waals surface area contributed by atoms with E-state index in [0.29, 0.717) is 29.0 Å². The Bertz CT molecular complexity index is 1210. The Kier molecular flexibility index (Phi) is 5.92. The van der Waals surface area contributed by atoms with Crippen LogP contribution in [0.3, 0.4) is 0 Å². The molecule has 32 heavy (non-hydrogen) atoms. The number of nitrogens with zero attached hydrogens (tertiary/aromatic N) is 1. The van der Waals surface area contributed by atoms with Gasteiger partial charge in [-0.05, 0) is 55.0 Å². The van der Waals surface area contributed by atoms with Crippen molar-refractivity contribution in [2.45, 2.75) is 13.5 Å². The second-order valence-corrected chi connectivity index (χ2v) is 7.52. The molecule has 3 amide bonds. The predicted molar refractivity (Wildman–Crippen MR) is 118 cm³/mol. The number of nitrogens with one attached hydrogen (secondary N) is 1. The zero-order valence-corrected chi connectivity index (χ0v) is 17.8. The standard InChI is InChI=1S/C24H18ClFN2O4/c1-2-32-21-10-7-14(13-28-23(30)16-5-3-4-6-17(16)24(28)31)11-18(21)22(29)27-20-9-8-15(25)12-19(20)26/h3-12H,2,13H2,1H3,(H,27,29). The maximum absolute atomic E-state index is 14.1. The Hall–Kier alpha value is -3.71. The highest BCUT2D eigenvalue weighted by Gasteiger charge is 2.35. The fourth-order valence-electron chi connectivity index (χ4n) is 3.48. The van der Waals surface area contributed by atoms with E-state index >= 15 is 0 Å². The second kappa shape index (κ2) is 8.80. The molecule has 1 heterocycles. The fourth-order valence-corrected chi connectivity index (χ4v) is 3.64. The topological polar surface area (TPSA) is 75.7 Å². The molecule has 0 atom stereocenters. The Morgan fingerprint density at radius 1 is 1.03 bits per heavy atom. The molecular weight excluding hydrogens is 435 g/mol. The van der Waals surface area contributed by atoms with E-state index in [1.807, 2.05) is 0 Å². The zero-order chi connectivity index (χ0) is 22.8. The third-order valence-corrected chi connectivity index (χ3v) is 5.22. The van der Waals surface area contributed by atoms with Crippen molar-refractivity contribution in [3.8, 4) is 5.75 Å². The van der Waals surface area contributed by atoms with Crippen molar-refractivity contribution in [3.63, 3.8) is 0 Å². The van der Waals surface area contributed by atoms with E-state index in [1.54, 1.807) is 43.3 Å². The highest BCUT2D eigenvalue weighted by molar-refractivity contribution is 6.30. The zero-order valence-electron chi connectivity index (χ0n) is 17.0. The van der Waals surface area contributed by atoms with Crippen LogP contribution in [0.5, 0.6) is 5.75 Å². The predicted octanol–water partition coefficient (Wildman–Crippen LogP) is 4.93. The molecule has 6 nitrogen and oxygen atoms in total. The number of amides is 3. The second-order valence-electron chi connectivity index (χ2n) is 7.08. The summed E-state index contributed by atoms with van der Waals surface area (Å²) in [5, 5.41) is 2.71. The van der Waals surface area contributed by atoms with Crippen molar-refractivity contribution in [2.24, 2.45) is 0 Å². The van der Waals surface area contributed by atoms with Gasteiger partial charge in [0.05, 0.1) is 35.5 Å².